The maximum Gasteiger partial charge on any atom is 0.250 e. The molecule has 0 aliphatic heterocycles. The Morgan fingerprint density at radius 3 is 2.63 bits per heavy atom. The molecule has 1 heterocycles. The Bertz CT molecular complexity index is 591. The lowest BCUT2D eigenvalue weighted by Gasteiger charge is -2.11. The van der Waals surface area contributed by atoms with E-state index in [9.17, 15) is 4.79 Å². The van der Waals surface area contributed by atoms with Crippen LogP contribution in [-0.4, -0.2) is 11.2 Å². The first-order valence-electron chi connectivity index (χ1n) is 6.26. The summed E-state index contributed by atoms with van der Waals surface area (Å²) in [5.41, 5.74) is 8.28. The Labute approximate surface area is 112 Å². The average Bonchev–Trinajstić information content (AvgIpc) is 2.43. The highest BCUT2D eigenvalue weighted by Gasteiger charge is 2.03. The molecule has 1 aromatic heterocycles. The van der Waals surface area contributed by atoms with E-state index in [0.717, 1.165) is 11.3 Å². The molecule has 0 atom stereocenters. The quantitative estimate of drug-likeness (QED) is 0.834. The summed E-state index contributed by atoms with van der Waals surface area (Å²) in [4.78, 5) is 11.7. The van der Waals surface area contributed by atoms with Gasteiger partial charge < -0.3 is 15.0 Å². The number of hydrogen-bond donors (Lipinski definition) is 1. The van der Waals surface area contributed by atoms with E-state index in [-0.39, 0.29) is 5.56 Å². The first-order valence-corrected chi connectivity index (χ1v) is 6.26. The maximum atomic E-state index is 11.7. The molecule has 0 bridgehead atoms. The van der Waals surface area contributed by atoms with Crippen LogP contribution in [0.4, 0.5) is 5.69 Å². The number of anilines is 1. The third-order valence-electron chi connectivity index (χ3n) is 3.06. The van der Waals surface area contributed by atoms with Gasteiger partial charge in [-0.05, 0) is 18.6 Å². The van der Waals surface area contributed by atoms with Crippen molar-refractivity contribution in [3.63, 3.8) is 0 Å². The van der Waals surface area contributed by atoms with Crippen LogP contribution in [0.25, 0.3) is 0 Å². The summed E-state index contributed by atoms with van der Waals surface area (Å²) >= 11 is 0. The monoisotopic (exact) mass is 258 g/mol. The number of pyridine rings is 1. The molecule has 0 saturated heterocycles. The maximum absolute atomic E-state index is 11.7. The zero-order valence-corrected chi connectivity index (χ0v) is 11.0. The van der Waals surface area contributed by atoms with Gasteiger partial charge in [0.1, 0.15) is 0 Å². The number of nitrogens with two attached hydrogens (primary N) is 1. The summed E-state index contributed by atoms with van der Waals surface area (Å²) < 4.78 is 7.21. The van der Waals surface area contributed by atoms with Crippen molar-refractivity contribution in [2.24, 2.45) is 0 Å². The molecule has 0 radical (unpaired) electrons. The van der Waals surface area contributed by atoms with Crippen LogP contribution in [-0.2, 0) is 17.9 Å². The number of aromatic nitrogens is 1. The molecule has 2 rings (SSSR count). The van der Waals surface area contributed by atoms with Crippen LogP contribution in [0.1, 0.15) is 11.3 Å². The van der Waals surface area contributed by atoms with Gasteiger partial charge in [-0.15, -0.1) is 0 Å². The van der Waals surface area contributed by atoms with Gasteiger partial charge in [-0.2, -0.15) is 0 Å². The fourth-order valence-corrected chi connectivity index (χ4v) is 1.89. The number of benzene rings is 1. The van der Waals surface area contributed by atoms with E-state index in [2.05, 4.69) is 0 Å². The number of nitrogens with zero attached hydrogens (tertiary/aromatic N) is 1. The second-order valence-corrected chi connectivity index (χ2v) is 4.40. The summed E-state index contributed by atoms with van der Waals surface area (Å²) in [7, 11) is 0. The third kappa shape index (κ3) is 3.45. The fraction of sp³-hybridized carbons (Fsp3) is 0.267. The Hall–Kier alpha value is -2.07. The first kappa shape index (κ1) is 13.4. The van der Waals surface area contributed by atoms with Crippen LogP contribution in [0.3, 0.4) is 0 Å². The molecule has 4 heteroatoms. The second kappa shape index (κ2) is 6.20. The summed E-state index contributed by atoms with van der Waals surface area (Å²) in [6.07, 6.45) is 0. The molecular formula is C15H18N2O2. The van der Waals surface area contributed by atoms with Crippen molar-refractivity contribution in [3.8, 4) is 0 Å². The van der Waals surface area contributed by atoms with Crippen molar-refractivity contribution in [2.75, 3.05) is 12.3 Å². The standard InChI is InChI=1S/C15H18N2O2/c1-12-14(16)7-8-15(18)17(12)9-10-19-11-13-5-3-2-4-6-13/h2-8H,9-11,16H2,1H3. The van der Waals surface area contributed by atoms with Crippen molar-refractivity contribution >= 4 is 5.69 Å². The molecule has 0 aliphatic rings. The zero-order chi connectivity index (χ0) is 13.7. The molecule has 2 aromatic rings. The molecular weight excluding hydrogens is 240 g/mol. The van der Waals surface area contributed by atoms with Crippen LogP contribution in [0.5, 0.6) is 0 Å². The predicted molar refractivity (Wildman–Crippen MR) is 75.9 cm³/mol. The van der Waals surface area contributed by atoms with Crippen LogP contribution in [0.2, 0.25) is 0 Å². The van der Waals surface area contributed by atoms with Gasteiger partial charge in [-0.1, -0.05) is 30.3 Å². The highest BCUT2D eigenvalue weighted by Crippen LogP contribution is 2.06. The summed E-state index contributed by atoms with van der Waals surface area (Å²) in [5.74, 6) is 0. The molecule has 0 spiro atoms. The summed E-state index contributed by atoms with van der Waals surface area (Å²) in [6.45, 7) is 3.40. The number of hydrogen-bond acceptors (Lipinski definition) is 3. The molecule has 100 valence electrons. The minimum Gasteiger partial charge on any atom is -0.397 e. The van der Waals surface area contributed by atoms with Crippen molar-refractivity contribution in [2.45, 2.75) is 20.1 Å². The van der Waals surface area contributed by atoms with Gasteiger partial charge in [-0.3, -0.25) is 4.79 Å². The van der Waals surface area contributed by atoms with Gasteiger partial charge in [0.2, 0.25) is 0 Å². The molecule has 4 nitrogen and oxygen atoms in total. The largest absolute Gasteiger partial charge is 0.397 e. The minimum absolute atomic E-state index is 0.0463. The van der Waals surface area contributed by atoms with Gasteiger partial charge in [-0.25, -0.2) is 0 Å². The van der Waals surface area contributed by atoms with Crippen molar-refractivity contribution in [1.82, 2.24) is 4.57 Å². The van der Waals surface area contributed by atoms with E-state index in [1.807, 2.05) is 37.3 Å². The number of rotatable bonds is 5. The highest BCUT2D eigenvalue weighted by atomic mass is 16.5. The molecule has 0 saturated carbocycles. The molecule has 2 N–H and O–H groups in total. The normalized spacial score (nSPS) is 10.6. The van der Waals surface area contributed by atoms with Gasteiger partial charge in [0, 0.05) is 18.3 Å². The van der Waals surface area contributed by atoms with Crippen molar-refractivity contribution < 1.29 is 4.74 Å². The Morgan fingerprint density at radius 1 is 1.16 bits per heavy atom. The molecule has 19 heavy (non-hydrogen) atoms. The van der Waals surface area contributed by atoms with Gasteiger partial charge in [0.15, 0.2) is 0 Å². The molecule has 0 aliphatic carbocycles. The number of nitrogen functional groups attached to an aromatic ring is 1. The van der Waals surface area contributed by atoms with Gasteiger partial charge in [0.25, 0.3) is 5.56 Å². The van der Waals surface area contributed by atoms with E-state index >= 15 is 0 Å². The zero-order valence-electron chi connectivity index (χ0n) is 11.0. The van der Waals surface area contributed by atoms with Gasteiger partial charge in [0.05, 0.1) is 18.9 Å². The Kier molecular flexibility index (Phi) is 4.36. The predicted octanol–water partition coefficient (Wildman–Crippen LogP) is 1.96. The smallest absolute Gasteiger partial charge is 0.250 e. The van der Waals surface area contributed by atoms with E-state index < -0.39 is 0 Å². The average molecular weight is 258 g/mol. The highest BCUT2D eigenvalue weighted by molar-refractivity contribution is 5.41. The minimum atomic E-state index is -0.0463. The van der Waals surface area contributed by atoms with E-state index in [0.29, 0.717) is 25.4 Å². The van der Waals surface area contributed by atoms with Crippen molar-refractivity contribution in [3.05, 3.63) is 64.1 Å². The molecule has 0 unspecified atom stereocenters. The molecule has 0 amide bonds. The van der Waals surface area contributed by atoms with Crippen LogP contribution < -0.4 is 11.3 Å². The fourth-order valence-electron chi connectivity index (χ4n) is 1.89. The van der Waals surface area contributed by atoms with Crippen LogP contribution in [0.15, 0.2) is 47.3 Å². The van der Waals surface area contributed by atoms with E-state index in [1.165, 1.54) is 6.07 Å². The summed E-state index contributed by atoms with van der Waals surface area (Å²) in [5, 5.41) is 0. The SMILES string of the molecule is Cc1c(N)ccc(=O)n1CCOCc1ccccc1. The van der Waals surface area contributed by atoms with Crippen molar-refractivity contribution in [1.29, 1.82) is 0 Å². The van der Waals surface area contributed by atoms with Crippen LogP contribution in [0, 0.1) is 6.92 Å². The second-order valence-electron chi connectivity index (χ2n) is 4.40. The molecule has 0 fully saturated rings. The first-order chi connectivity index (χ1) is 9.18. The van der Waals surface area contributed by atoms with Gasteiger partial charge >= 0.3 is 0 Å². The van der Waals surface area contributed by atoms with Crippen LogP contribution >= 0.6 is 0 Å². The van der Waals surface area contributed by atoms with E-state index in [1.54, 1.807) is 10.6 Å². The lowest BCUT2D eigenvalue weighted by molar-refractivity contribution is 0.112. The topological polar surface area (TPSA) is 57.2 Å². The van der Waals surface area contributed by atoms with E-state index in [4.69, 9.17) is 10.5 Å². The lowest BCUT2D eigenvalue weighted by atomic mass is 10.2. The Morgan fingerprint density at radius 2 is 1.89 bits per heavy atom. The third-order valence-corrected chi connectivity index (χ3v) is 3.06. The lowest BCUT2D eigenvalue weighted by Crippen LogP contribution is -2.24. The molecule has 1 aromatic carbocycles. The summed E-state index contributed by atoms with van der Waals surface area (Å²) in [6, 6.07) is 13.1. The number of ether oxygens (including phenoxy) is 1. The Balaban J connectivity index is 1.90.